The van der Waals surface area contributed by atoms with Gasteiger partial charge in [0.1, 0.15) is 5.82 Å². The van der Waals surface area contributed by atoms with Crippen molar-refractivity contribution < 1.29 is 0 Å². The molecule has 0 radical (unpaired) electrons. The van der Waals surface area contributed by atoms with Gasteiger partial charge in [-0.05, 0) is 17.7 Å². The van der Waals surface area contributed by atoms with Gasteiger partial charge in [-0.2, -0.15) is 5.10 Å². The van der Waals surface area contributed by atoms with Crippen molar-refractivity contribution in [2.45, 2.75) is 6.54 Å². The average molecular weight is 227 g/mol. The molecule has 0 aliphatic heterocycles. The Hall–Kier alpha value is -2.14. The summed E-state index contributed by atoms with van der Waals surface area (Å²) in [5, 5.41) is 6.74. The fourth-order valence-corrected chi connectivity index (χ4v) is 1.99. The van der Waals surface area contributed by atoms with Crippen molar-refractivity contribution in [1.29, 1.82) is 0 Å². The van der Waals surface area contributed by atoms with E-state index in [1.54, 1.807) is 6.20 Å². The van der Waals surface area contributed by atoms with E-state index in [0.717, 1.165) is 28.0 Å². The summed E-state index contributed by atoms with van der Waals surface area (Å²) in [4.78, 5) is 4.59. The van der Waals surface area contributed by atoms with Crippen molar-refractivity contribution in [3.8, 4) is 11.4 Å². The molecule has 2 heterocycles. The van der Waals surface area contributed by atoms with Gasteiger partial charge in [0.25, 0.3) is 0 Å². The number of aromatic nitrogens is 4. The predicted molar refractivity (Wildman–Crippen MR) is 66.2 cm³/mol. The van der Waals surface area contributed by atoms with Crippen molar-refractivity contribution >= 4 is 11.0 Å². The highest BCUT2D eigenvalue weighted by molar-refractivity contribution is 5.81. The molecule has 5 heteroatoms. The number of hydrogen-bond donors (Lipinski definition) is 2. The molecule has 0 spiro atoms. The molecule has 0 amide bonds. The van der Waals surface area contributed by atoms with E-state index < -0.39 is 0 Å². The molecule has 3 aromatic rings. The Morgan fingerprint density at radius 1 is 1.41 bits per heavy atom. The van der Waals surface area contributed by atoms with Crippen LogP contribution in [0.5, 0.6) is 0 Å². The van der Waals surface area contributed by atoms with Crippen LogP contribution >= 0.6 is 0 Å². The minimum absolute atomic E-state index is 0.544. The molecular weight excluding hydrogens is 214 g/mol. The number of nitrogens with zero attached hydrogens (tertiary/aromatic N) is 3. The van der Waals surface area contributed by atoms with Crippen LogP contribution in [-0.4, -0.2) is 19.7 Å². The second kappa shape index (κ2) is 3.71. The van der Waals surface area contributed by atoms with Gasteiger partial charge in [-0.1, -0.05) is 6.07 Å². The van der Waals surface area contributed by atoms with Crippen LogP contribution in [0, 0.1) is 0 Å². The van der Waals surface area contributed by atoms with Gasteiger partial charge in [0.05, 0.1) is 22.8 Å². The first-order valence-electron chi connectivity index (χ1n) is 5.44. The monoisotopic (exact) mass is 227 g/mol. The fourth-order valence-electron chi connectivity index (χ4n) is 1.99. The lowest BCUT2D eigenvalue weighted by Gasteiger charge is -2.00. The summed E-state index contributed by atoms with van der Waals surface area (Å²) in [5.41, 5.74) is 9.80. The van der Waals surface area contributed by atoms with E-state index in [1.807, 2.05) is 25.4 Å². The zero-order chi connectivity index (χ0) is 11.8. The molecule has 3 N–H and O–H groups in total. The highest BCUT2D eigenvalue weighted by Crippen LogP contribution is 2.23. The second-order valence-corrected chi connectivity index (χ2v) is 4.01. The predicted octanol–water partition coefficient (Wildman–Crippen LogP) is 1.42. The Kier molecular flexibility index (Phi) is 2.19. The van der Waals surface area contributed by atoms with Crippen molar-refractivity contribution in [2.24, 2.45) is 12.8 Å². The van der Waals surface area contributed by atoms with Crippen molar-refractivity contribution in [1.82, 2.24) is 19.7 Å². The number of imidazole rings is 1. The molecule has 0 aliphatic rings. The molecule has 5 nitrogen and oxygen atoms in total. The number of hydrogen-bond acceptors (Lipinski definition) is 3. The van der Waals surface area contributed by atoms with Crippen LogP contribution in [0.3, 0.4) is 0 Å². The molecule has 0 saturated heterocycles. The normalized spacial score (nSPS) is 11.2. The van der Waals surface area contributed by atoms with Gasteiger partial charge in [-0.15, -0.1) is 0 Å². The molecule has 0 aliphatic carbocycles. The number of fused-ring (bicyclic) bond motifs is 1. The summed E-state index contributed by atoms with van der Waals surface area (Å²) >= 11 is 0. The zero-order valence-corrected chi connectivity index (χ0v) is 9.51. The summed E-state index contributed by atoms with van der Waals surface area (Å²) < 4.78 is 2.05. The number of nitrogens with one attached hydrogen (secondary N) is 1. The number of nitrogens with two attached hydrogens (primary N) is 1. The number of aromatic amines is 1. The molecule has 0 atom stereocenters. The van der Waals surface area contributed by atoms with Crippen LogP contribution in [0.25, 0.3) is 22.4 Å². The Morgan fingerprint density at radius 2 is 2.29 bits per heavy atom. The quantitative estimate of drug-likeness (QED) is 0.695. The van der Waals surface area contributed by atoms with Gasteiger partial charge in [-0.25, -0.2) is 4.98 Å². The minimum atomic E-state index is 0.544. The first kappa shape index (κ1) is 10.0. The highest BCUT2D eigenvalue weighted by atomic mass is 15.1. The van der Waals surface area contributed by atoms with Gasteiger partial charge in [0.2, 0.25) is 0 Å². The zero-order valence-electron chi connectivity index (χ0n) is 9.51. The number of H-pyrrole nitrogens is 1. The lowest BCUT2D eigenvalue weighted by molar-refractivity contribution is 0.956. The van der Waals surface area contributed by atoms with E-state index in [4.69, 9.17) is 5.73 Å². The Bertz CT molecular complexity index is 651. The molecular formula is C12H13N5. The SMILES string of the molecule is Cn1c(-c2cn[nH]c2)nc2ccc(CN)cc21. The maximum Gasteiger partial charge on any atom is 0.144 e. The van der Waals surface area contributed by atoms with Crippen LogP contribution in [-0.2, 0) is 13.6 Å². The van der Waals surface area contributed by atoms with E-state index >= 15 is 0 Å². The second-order valence-electron chi connectivity index (χ2n) is 4.01. The van der Waals surface area contributed by atoms with Gasteiger partial charge in [0.15, 0.2) is 0 Å². The minimum Gasteiger partial charge on any atom is -0.327 e. The molecule has 0 saturated carbocycles. The molecule has 2 aromatic heterocycles. The molecule has 0 bridgehead atoms. The first-order chi connectivity index (χ1) is 8.29. The molecule has 0 fully saturated rings. The van der Waals surface area contributed by atoms with Crippen molar-refractivity contribution in [2.75, 3.05) is 0 Å². The maximum atomic E-state index is 5.65. The lowest BCUT2D eigenvalue weighted by atomic mass is 10.2. The smallest absolute Gasteiger partial charge is 0.144 e. The van der Waals surface area contributed by atoms with Crippen LogP contribution in [0.1, 0.15) is 5.56 Å². The molecule has 86 valence electrons. The summed E-state index contributed by atoms with van der Waals surface area (Å²) in [6, 6.07) is 6.08. The van der Waals surface area contributed by atoms with Crippen molar-refractivity contribution in [3.05, 3.63) is 36.2 Å². The first-order valence-corrected chi connectivity index (χ1v) is 5.44. The third-order valence-corrected chi connectivity index (χ3v) is 2.94. The highest BCUT2D eigenvalue weighted by Gasteiger charge is 2.10. The van der Waals surface area contributed by atoms with E-state index in [0.29, 0.717) is 6.54 Å². The van der Waals surface area contributed by atoms with Gasteiger partial charge >= 0.3 is 0 Å². The average Bonchev–Trinajstić information content (AvgIpc) is 2.97. The van der Waals surface area contributed by atoms with E-state index in [-0.39, 0.29) is 0 Å². The Morgan fingerprint density at radius 3 is 3.00 bits per heavy atom. The topological polar surface area (TPSA) is 72.5 Å². The summed E-state index contributed by atoms with van der Waals surface area (Å²) in [5.74, 6) is 0.905. The Labute approximate surface area is 98.3 Å². The number of aryl methyl sites for hydroxylation is 1. The fraction of sp³-hybridized carbons (Fsp3) is 0.167. The standard InChI is InChI=1S/C12H13N5/c1-17-11-4-8(5-13)2-3-10(11)16-12(17)9-6-14-15-7-9/h2-4,6-7H,5,13H2,1H3,(H,14,15). The molecule has 0 unspecified atom stereocenters. The third-order valence-electron chi connectivity index (χ3n) is 2.94. The van der Waals surface area contributed by atoms with Gasteiger partial charge in [0, 0.05) is 19.8 Å². The van der Waals surface area contributed by atoms with Crippen LogP contribution in [0.2, 0.25) is 0 Å². The van der Waals surface area contributed by atoms with E-state index in [2.05, 4.69) is 25.8 Å². The van der Waals surface area contributed by atoms with Gasteiger partial charge in [-0.3, -0.25) is 5.10 Å². The van der Waals surface area contributed by atoms with Gasteiger partial charge < -0.3 is 10.3 Å². The summed E-state index contributed by atoms with van der Waals surface area (Å²) in [6.45, 7) is 0.544. The summed E-state index contributed by atoms with van der Waals surface area (Å²) in [7, 11) is 2.00. The lowest BCUT2D eigenvalue weighted by Crippen LogP contribution is -1.96. The van der Waals surface area contributed by atoms with Crippen LogP contribution < -0.4 is 5.73 Å². The van der Waals surface area contributed by atoms with Crippen LogP contribution in [0.15, 0.2) is 30.6 Å². The summed E-state index contributed by atoms with van der Waals surface area (Å²) in [6.07, 6.45) is 3.61. The molecule has 3 rings (SSSR count). The van der Waals surface area contributed by atoms with Crippen LogP contribution in [0.4, 0.5) is 0 Å². The maximum absolute atomic E-state index is 5.65. The largest absolute Gasteiger partial charge is 0.327 e. The number of benzene rings is 1. The molecule has 17 heavy (non-hydrogen) atoms. The third kappa shape index (κ3) is 1.52. The van der Waals surface area contributed by atoms with E-state index in [1.165, 1.54) is 0 Å². The molecule has 1 aromatic carbocycles. The Balaban J connectivity index is 2.25. The van der Waals surface area contributed by atoms with Crippen molar-refractivity contribution in [3.63, 3.8) is 0 Å². The van der Waals surface area contributed by atoms with E-state index in [9.17, 15) is 0 Å². The number of rotatable bonds is 2.